The van der Waals surface area contributed by atoms with E-state index in [4.69, 9.17) is 14.7 Å². The summed E-state index contributed by atoms with van der Waals surface area (Å²) in [4.78, 5) is 33.3. The molecule has 232 valence electrons. The van der Waals surface area contributed by atoms with Crippen LogP contribution >= 0.6 is 0 Å². The highest BCUT2D eigenvalue weighted by molar-refractivity contribution is 5.91. The lowest BCUT2D eigenvalue weighted by atomic mass is 9.92. The van der Waals surface area contributed by atoms with Crippen molar-refractivity contribution in [3.8, 4) is 5.69 Å². The Hall–Kier alpha value is -4.13. The second kappa shape index (κ2) is 12.1. The lowest BCUT2D eigenvalue weighted by molar-refractivity contribution is -0.155. The summed E-state index contributed by atoms with van der Waals surface area (Å²) in [5.74, 6) is -1.30. The Bertz CT molecular complexity index is 1590. The molecule has 1 aliphatic carbocycles. The lowest BCUT2D eigenvalue weighted by Crippen LogP contribution is -2.36. The third-order valence-corrected chi connectivity index (χ3v) is 8.78. The molecule has 3 amide bonds. The van der Waals surface area contributed by atoms with Crippen LogP contribution in [0.1, 0.15) is 42.7 Å². The van der Waals surface area contributed by atoms with Crippen LogP contribution in [0.25, 0.3) is 11.3 Å². The Morgan fingerprint density at radius 1 is 1.16 bits per heavy atom. The van der Waals surface area contributed by atoms with E-state index in [2.05, 4.69) is 10.6 Å². The quantitative estimate of drug-likeness (QED) is 0.389. The molecule has 0 bridgehead atoms. The molecule has 1 saturated carbocycles. The van der Waals surface area contributed by atoms with Crippen LogP contribution in [0.5, 0.6) is 0 Å². The van der Waals surface area contributed by atoms with Gasteiger partial charge in [0.1, 0.15) is 11.9 Å². The number of methoxy groups -OCH3 is 1. The van der Waals surface area contributed by atoms with Crippen LogP contribution in [-0.2, 0) is 14.4 Å². The van der Waals surface area contributed by atoms with Gasteiger partial charge in [-0.15, -0.1) is 0 Å². The van der Waals surface area contributed by atoms with Crippen LogP contribution in [0.4, 0.5) is 19.4 Å². The number of nitrogens with one attached hydrogen (secondary N) is 2. The van der Waals surface area contributed by atoms with Gasteiger partial charge in [-0.25, -0.2) is 18.3 Å². The van der Waals surface area contributed by atoms with Crippen molar-refractivity contribution in [2.24, 2.45) is 5.41 Å². The Morgan fingerprint density at radius 2 is 1.95 bits per heavy atom. The third kappa shape index (κ3) is 5.72. The molecule has 1 aromatic heterocycles. The summed E-state index contributed by atoms with van der Waals surface area (Å²) in [6.45, 7) is 6.04. The summed E-state index contributed by atoms with van der Waals surface area (Å²) in [6, 6.07) is 12.7. The van der Waals surface area contributed by atoms with E-state index in [1.807, 2.05) is 43.3 Å². The predicted molar refractivity (Wildman–Crippen MR) is 160 cm³/mol. The standard InChI is InChI=1S/C32H36F2N6O4/c1-20-28(22-11-13-38(14-12-22)21(2)41)37-40(24-7-5-4-6-8-24)30(20)36-31(42)35-27-18-32(27)19-39(15-16-43-3)44-29(32)23-9-10-25(33)26(34)17-23/h4-11,17,27,29H,12-16,18-19H2,1-3H3,(H2,35,36,42). The summed E-state index contributed by atoms with van der Waals surface area (Å²) in [7, 11) is 1.60. The zero-order chi connectivity index (χ0) is 31.0. The topological polar surface area (TPSA) is 101 Å². The van der Waals surface area contributed by atoms with E-state index in [1.54, 1.807) is 28.7 Å². The first-order valence-corrected chi connectivity index (χ1v) is 14.7. The molecule has 3 atom stereocenters. The Balaban J connectivity index is 1.23. The average Bonchev–Trinajstić information content (AvgIpc) is 3.40. The number of para-hydroxylation sites is 1. The van der Waals surface area contributed by atoms with E-state index < -0.39 is 29.2 Å². The van der Waals surface area contributed by atoms with E-state index in [0.717, 1.165) is 34.7 Å². The maximum atomic E-state index is 14.2. The number of rotatable bonds is 8. The van der Waals surface area contributed by atoms with Crippen LogP contribution < -0.4 is 10.6 Å². The summed E-state index contributed by atoms with van der Waals surface area (Å²) in [5.41, 5.74) is 3.40. The number of urea groups is 1. The molecule has 44 heavy (non-hydrogen) atoms. The highest BCUT2D eigenvalue weighted by Gasteiger charge is 2.65. The normalized spacial score (nSPS) is 23.1. The van der Waals surface area contributed by atoms with Crippen molar-refractivity contribution < 1.29 is 27.9 Å². The van der Waals surface area contributed by atoms with Gasteiger partial charge in [-0.3, -0.25) is 14.9 Å². The lowest BCUT2D eigenvalue weighted by Gasteiger charge is -2.24. The summed E-state index contributed by atoms with van der Waals surface area (Å²) in [6.07, 6.45) is 2.72. The molecule has 1 saturated heterocycles. The van der Waals surface area contributed by atoms with E-state index >= 15 is 0 Å². The Morgan fingerprint density at radius 3 is 2.64 bits per heavy atom. The molecule has 2 fully saturated rings. The van der Waals surface area contributed by atoms with Gasteiger partial charge in [-0.2, -0.15) is 10.2 Å². The van der Waals surface area contributed by atoms with Gasteiger partial charge in [0.05, 0.1) is 18.0 Å². The monoisotopic (exact) mass is 606 g/mol. The van der Waals surface area contributed by atoms with Gasteiger partial charge >= 0.3 is 6.03 Å². The number of halogens is 2. The van der Waals surface area contributed by atoms with Crippen molar-refractivity contribution in [3.05, 3.63) is 83.1 Å². The molecule has 3 unspecified atom stereocenters. The van der Waals surface area contributed by atoms with E-state index in [1.165, 1.54) is 6.07 Å². The van der Waals surface area contributed by atoms with Crippen LogP contribution in [0.15, 0.2) is 54.6 Å². The minimum atomic E-state index is -0.943. The number of benzene rings is 2. The molecular formula is C32H36F2N6O4. The number of hydrogen-bond acceptors (Lipinski definition) is 6. The van der Waals surface area contributed by atoms with Crippen molar-refractivity contribution in [3.63, 3.8) is 0 Å². The molecule has 2 N–H and O–H groups in total. The minimum Gasteiger partial charge on any atom is -0.383 e. The van der Waals surface area contributed by atoms with Gasteiger partial charge in [-0.05, 0) is 55.2 Å². The van der Waals surface area contributed by atoms with Gasteiger partial charge < -0.3 is 15.0 Å². The van der Waals surface area contributed by atoms with Crippen molar-refractivity contribution in [2.75, 3.05) is 45.2 Å². The fourth-order valence-corrected chi connectivity index (χ4v) is 6.25. The summed E-state index contributed by atoms with van der Waals surface area (Å²) in [5, 5.41) is 12.8. The molecule has 3 heterocycles. The molecule has 3 aliphatic rings. The zero-order valence-corrected chi connectivity index (χ0v) is 25.0. The largest absolute Gasteiger partial charge is 0.383 e. The number of nitrogens with zero attached hydrogens (tertiary/aromatic N) is 4. The molecule has 3 aromatic rings. The number of hydroxylamine groups is 2. The summed E-state index contributed by atoms with van der Waals surface area (Å²) < 4.78 is 34.8. The molecule has 10 nitrogen and oxygen atoms in total. The minimum absolute atomic E-state index is 0.0324. The van der Waals surface area contributed by atoms with Crippen LogP contribution in [0, 0.1) is 24.0 Å². The number of ether oxygens (including phenoxy) is 1. The third-order valence-electron chi connectivity index (χ3n) is 8.78. The first-order valence-electron chi connectivity index (χ1n) is 14.7. The van der Waals surface area contributed by atoms with Crippen LogP contribution in [0.3, 0.4) is 0 Å². The number of aromatic nitrogens is 2. The summed E-state index contributed by atoms with van der Waals surface area (Å²) >= 11 is 0. The molecular weight excluding hydrogens is 570 g/mol. The first kappa shape index (κ1) is 29.9. The first-order chi connectivity index (χ1) is 21.2. The Labute approximate surface area is 254 Å². The van der Waals surface area contributed by atoms with Crippen LogP contribution in [-0.4, -0.2) is 77.6 Å². The Kier molecular flexibility index (Phi) is 8.23. The smallest absolute Gasteiger partial charge is 0.320 e. The average molecular weight is 607 g/mol. The number of amides is 3. The van der Waals surface area contributed by atoms with Crippen molar-refractivity contribution in [1.29, 1.82) is 0 Å². The predicted octanol–water partition coefficient (Wildman–Crippen LogP) is 4.61. The SMILES string of the molecule is COCCN1CC2(CC2NC(=O)Nc2c(C)c(C3=CCN(C(C)=O)CC3)nn2-c2ccccc2)C(c2ccc(F)c(F)c2)O1. The number of carbonyl (C=O) groups is 2. The molecule has 0 radical (unpaired) electrons. The number of anilines is 1. The molecule has 1 spiro atoms. The molecule has 12 heteroatoms. The van der Waals surface area contributed by atoms with E-state index in [9.17, 15) is 18.4 Å². The van der Waals surface area contributed by atoms with Gasteiger partial charge in [-0.1, -0.05) is 30.3 Å². The molecule has 2 aromatic carbocycles. The van der Waals surface area contributed by atoms with Crippen molar-refractivity contribution >= 4 is 23.3 Å². The van der Waals surface area contributed by atoms with Gasteiger partial charge in [0.25, 0.3) is 0 Å². The zero-order valence-electron chi connectivity index (χ0n) is 25.0. The fraction of sp³-hybridized carbons (Fsp3) is 0.406. The van der Waals surface area contributed by atoms with Crippen LogP contribution in [0.2, 0.25) is 0 Å². The number of hydrogen-bond donors (Lipinski definition) is 2. The van der Waals surface area contributed by atoms with E-state index in [-0.39, 0.29) is 11.9 Å². The maximum Gasteiger partial charge on any atom is 0.320 e. The maximum absolute atomic E-state index is 14.2. The van der Waals surface area contributed by atoms with E-state index in [0.29, 0.717) is 57.0 Å². The fourth-order valence-electron chi connectivity index (χ4n) is 6.25. The van der Waals surface area contributed by atoms with Crippen molar-refractivity contribution in [1.82, 2.24) is 25.1 Å². The van der Waals surface area contributed by atoms with Crippen molar-refractivity contribution in [2.45, 2.75) is 38.8 Å². The van der Waals surface area contributed by atoms with Gasteiger partial charge in [0.15, 0.2) is 11.6 Å². The van der Waals surface area contributed by atoms with Gasteiger partial charge in [0.2, 0.25) is 5.91 Å². The highest BCUT2D eigenvalue weighted by atomic mass is 19.2. The molecule has 2 aliphatic heterocycles. The second-order valence-electron chi connectivity index (χ2n) is 11.6. The van der Waals surface area contributed by atoms with Gasteiger partial charge in [0, 0.05) is 57.2 Å². The molecule has 6 rings (SSSR count). The number of carbonyl (C=O) groups excluding carboxylic acids is 2. The second-order valence-corrected chi connectivity index (χ2v) is 11.6. The highest BCUT2D eigenvalue weighted by Crippen LogP contribution is 2.60.